The van der Waals surface area contributed by atoms with E-state index in [-0.39, 0.29) is 28.9 Å². The van der Waals surface area contributed by atoms with E-state index in [1.807, 2.05) is 20.8 Å². The molecule has 1 fully saturated rings. The molecule has 1 saturated heterocycles. The molecule has 0 radical (unpaired) electrons. The van der Waals surface area contributed by atoms with E-state index in [9.17, 15) is 13.2 Å². The maximum absolute atomic E-state index is 13.1. The Morgan fingerprint density at radius 2 is 1.65 bits per heavy atom. The molecule has 0 aromatic heterocycles. The van der Waals surface area contributed by atoms with Gasteiger partial charge < -0.3 is 5.32 Å². The zero-order valence-corrected chi connectivity index (χ0v) is 15.1. The molecule has 132 valence electrons. The lowest BCUT2D eigenvalue weighted by atomic mass is 9.80. The van der Waals surface area contributed by atoms with Crippen LogP contribution in [0.25, 0.3) is 0 Å². The van der Waals surface area contributed by atoms with Crippen LogP contribution >= 0.6 is 24.0 Å². The second kappa shape index (κ2) is 7.60. The van der Waals surface area contributed by atoms with Gasteiger partial charge in [-0.2, -0.15) is 13.2 Å². The Labute approximate surface area is 146 Å². The molecule has 0 unspecified atom stereocenters. The van der Waals surface area contributed by atoms with Gasteiger partial charge in [-0.3, -0.25) is 4.90 Å². The maximum Gasteiger partial charge on any atom is 0.416 e. The fourth-order valence-corrected chi connectivity index (χ4v) is 3.38. The first kappa shape index (κ1) is 20.6. The number of alkyl halides is 3. The highest BCUT2D eigenvalue weighted by atomic mass is 35.5. The summed E-state index contributed by atoms with van der Waals surface area (Å²) < 4.78 is 39.2. The zero-order valence-electron chi connectivity index (χ0n) is 13.5. The largest absolute Gasteiger partial charge is 0.416 e. The van der Waals surface area contributed by atoms with Crippen molar-refractivity contribution in [2.24, 2.45) is 5.41 Å². The number of halogens is 5. The highest BCUT2D eigenvalue weighted by Crippen LogP contribution is 2.41. The van der Waals surface area contributed by atoms with Crippen molar-refractivity contribution in [1.29, 1.82) is 0 Å². The predicted octanol–water partition coefficient (Wildman–Crippen LogP) is 4.77. The summed E-state index contributed by atoms with van der Waals surface area (Å²) in [4.78, 5) is 2.24. The molecule has 1 N–H and O–H groups in total. The number of rotatable bonds is 2. The van der Waals surface area contributed by atoms with Gasteiger partial charge in [0.15, 0.2) is 0 Å². The molecule has 0 aliphatic carbocycles. The molecule has 1 heterocycles. The van der Waals surface area contributed by atoms with Gasteiger partial charge in [0.2, 0.25) is 0 Å². The molecule has 7 heteroatoms. The van der Waals surface area contributed by atoms with Crippen LogP contribution in [0.5, 0.6) is 0 Å². The summed E-state index contributed by atoms with van der Waals surface area (Å²) in [6, 6.07) is 3.79. The minimum Gasteiger partial charge on any atom is -0.314 e. The van der Waals surface area contributed by atoms with Crippen molar-refractivity contribution < 1.29 is 13.2 Å². The van der Waals surface area contributed by atoms with Gasteiger partial charge in [0, 0.05) is 37.2 Å². The predicted molar refractivity (Wildman–Crippen MR) is 90.3 cm³/mol. The fraction of sp³-hybridized carbons (Fsp3) is 0.625. The van der Waals surface area contributed by atoms with E-state index in [4.69, 9.17) is 11.6 Å². The van der Waals surface area contributed by atoms with E-state index in [0.717, 1.165) is 32.2 Å². The lowest BCUT2D eigenvalue weighted by Gasteiger charge is -2.42. The summed E-state index contributed by atoms with van der Waals surface area (Å²) >= 11 is 5.96. The molecule has 1 aromatic carbocycles. The number of hydrogen-bond donors (Lipinski definition) is 1. The Bertz CT molecular complexity index is 521. The topological polar surface area (TPSA) is 15.3 Å². The van der Waals surface area contributed by atoms with Crippen LogP contribution in [-0.2, 0) is 6.18 Å². The van der Waals surface area contributed by atoms with Crippen LogP contribution in [0.2, 0.25) is 5.02 Å². The highest BCUT2D eigenvalue weighted by Gasteiger charge is 2.36. The number of nitrogens with one attached hydrogen (secondary N) is 1. The second-order valence-corrected chi connectivity index (χ2v) is 7.26. The highest BCUT2D eigenvalue weighted by molar-refractivity contribution is 6.30. The van der Waals surface area contributed by atoms with Crippen molar-refractivity contribution in [3.05, 3.63) is 34.3 Å². The Morgan fingerprint density at radius 1 is 1.09 bits per heavy atom. The van der Waals surface area contributed by atoms with E-state index < -0.39 is 11.7 Å². The van der Waals surface area contributed by atoms with Crippen molar-refractivity contribution >= 4 is 24.0 Å². The molecule has 1 aromatic rings. The third kappa shape index (κ3) is 5.24. The van der Waals surface area contributed by atoms with Gasteiger partial charge >= 0.3 is 6.18 Å². The van der Waals surface area contributed by atoms with Crippen molar-refractivity contribution in [3.8, 4) is 0 Å². The van der Waals surface area contributed by atoms with Crippen LogP contribution < -0.4 is 5.32 Å². The summed E-state index contributed by atoms with van der Waals surface area (Å²) in [5.41, 5.74) is -0.237. The van der Waals surface area contributed by atoms with Gasteiger partial charge in [0.25, 0.3) is 0 Å². The first-order valence-electron chi connectivity index (χ1n) is 7.41. The number of nitrogens with zero attached hydrogens (tertiary/aromatic N) is 1. The summed E-state index contributed by atoms with van der Waals surface area (Å²) in [5.74, 6) is 0. The number of piperazine rings is 1. The van der Waals surface area contributed by atoms with Gasteiger partial charge in [0.1, 0.15) is 0 Å². The minimum absolute atomic E-state index is 0. The van der Waals surface area contributed by atoms with Crippen LogP contribution in [0.1, 0.15) is 37.9 Å². The second-order valence-electron chi connectivity index (χ2n) is 6.83. The molecule has 23 heavy (non-hydrogen) atoms. The monoisotopic (exact) mass is 370 g/mol. The van der Waals surface area contributed by atoms with Crippen molar-refractivity contribution in [1.82, 2.24) is 10.2 Å². The van der Waals surface area contributed by atoms with E-state index in [2.05, 4.69) is 10.2 Å². The standard InChI is InChI=1S/C16H22ClF3N2.ClH/c1-15(2,3)14(22-6-4-21-5-7-22)11-8-12(16(18,19)20)10-13(17)9-11;/h8-10,14,21H,4-7H2,1-3H3;1H/t14-;/m1./s1. The lowest BCUT2D eigenvalue weighted by Crippen LogP contribution is -2.48. The molecule has 1 aliphatic heterocycles. The van der Waals surface area contributed by atoms with Crippen LogP contribution in [0, 0.1) is 5.41 Å². The van der Waals surface area contributed by atoms with Gasteiger partial charge in [-0.25, -0.2) is 0 Å². The average molecular weight is 371 g/mol. The molecule has 0 saturated carbocycles. The fourth-order valence-electron chi connectivity index (χ4n) is 3.13. The zero-order chi connectivity index (χ0) is 16.5. The van der Waals surface area contributed by atoms with Crippen molar-refractivity contribution in [2.45, 2.75) is 33.0 Å². The summed E-state index contributed by atoms with van der Waals surface area (Å²) in [6.45, 7) is 9.47. The first-order chi connectivity index (χ1) is 10.1. The minimum atomic E-state index is -4.38. The van der Waals surface area contributed by atoms with Crippen molar-refractivity contribution in [2.75, 3.05) is 26.2 Å². The van der Waals surface area contributed by atoms with Gasteiger partial charge in [-0.05, 0) is 29.2 Å². The van der Waals surface area contributed by atoms with Crippen LogP contribution in [0.4, 0.5) is 13.2 Å². The third-order valence-electron chi connectivity index (χ3n) is 3.90. The van der Waals surface area contributed by atoms with Gasteiger partial charge in [-0.1, -0.05) is 32.4 Å². The van der Waals surface area contributed by atoms with Crippen molar-refractivity contribution in [3.63, 3.8) is 0 Å². The molecular weight excluding hydrogens is 348 g/mol. The Hall–Kier alpha value is -0.490. The third-order valence-corrected chi connectivity index (χ3v) is 4.12. The lowest BCUT2D eigenvalue weighted by molar-refractivity contribution is -0.137. The Morgan fingerprint density at radius 3 is 2.13 bits per heavy atom. The molecule has 2 nitrogen and oxygen atoms in total. The van der Waals surface area contributed by atoms with Crippen LogP contribution in [0.3, 0.4) is 0 Å². The van der Waals surface area contributed by atoms with Gasteiger partial charge in [0.05, 0.1) is 5.56 Å². The summed E-state index contributed by atoms with van der Waals surface area (Å²) in [5, 5.41) is 3.41. The SMILES string of the molecule is CC(C)(C)[C@@H](c1cc(Cl)cc(C(F)(F)F)c1)N1CCNCC1.Cl. The van der Waals surface area contributed by atoms with Gasteiger partial charge in [-0.15, -0.1) is 12.4 Å². The Kier molecular flexibility index (Phi) is 6.79. The summed E-state index contributed by atoms with van der Waals surface area (Å²) in [6.07, 6.45) is -4.38. The van der Waals surface area contributed by atoms with E-state index in [1.165, 1.54) is 6.07 Å². The van der Waals surface area contributed by atoms with E-state index in [1.54, 1.807) is 6.07 Å². The molecule has 0 spiro atoms. The average Bonchev–Trinajstić information content (AvgIpc) is 2.36. The summed E-state index contributed by atoms with van der Waals surface area (Å²) in [7, 11) is 0. The smallest absolute Gasteiger partial charge is 0.314 e. The van der Waals surface area contributed by atoms with Crippen LogP contribution in [0.15, 0.2) is 18.2 Å². The molecular formula is C16H23Cl2F3N2. The molecule has 0 bridgehead atoms. The quantitative estimate of drug-likeness (QED) is 0.806. The first-order valence-corrected chi connectivity index (χ1v) is 7.79. The number of hydrogen-bond acceptors (Lipinski definition) is 2. The normalized spacial score (nSPS) is 18.4. The van der Waals surface area contributed by atoms with E-state index in [0.29, 0.717) is 5.56 Å². The molecule has 1 atom stereocenters. The van der Waals surface area contributed by atoms with E-state index >= 15 is 0 Å². The molecule has 1 aliphatic rings. The number of benzene rings is 1. The Balaban J connectivity index is 0.00000264. The molecule has 2 rings (SSSR count). The molecule has 0 amide bonds. The van der Waals surface area contributed by atoms with Crippen LogP contribution in [-0.4, -0.2) is 31.1 Å². The maximum atomic E-state index is 13.1.